The molecule has 0 fully saturated rings. The van der Waals surface area contributed by atoms with E-state index < -0.39 is 10.1 Å². The molecule has 154 valence electrons. The summed E-state index contributed by atoms with van der Waals surface area (Å²) < 4.78 is 45.5. The monoisotopic (exact) mass is 452 g/mol. The molecule has 0 atom stereocenters. The van der Waals surface area contributed by atoms with Crippen LogP contribution in [0.3, 0.4) is 0 Å². The molecule has 0 aliphatic rings. The highest BCUT2D eigenvalue weighted by atomic mass is 32.2. The van der Waals surface area contributed by atoms with Crippen LogP contribution in [0, 0.1) is 5.82 Å². The summed E-state index contributed by atoms with van der Waals surface area (Å²) in [6.45, 7) is 0. The number of aromatic nitrogens is 4. The van der Waals surface area contributed by atoms with Crippen LogP contribution >= 0.6 is 11.3 Å². The Kier molecular flexibility index (Phi) is 4.62. The highest BCUT2D eigenvalue weighted by Gasteiger charge is 2.17. The summed E-state index contributed by atoms with van der Waals surface area (Å²) in [6, 6.07) is 13.1. The number of halogens is 1. The Balaban J connectivity index is 1.65. The minimum absolute atomic E-state index is 0.177. The zero-order valence-electron chi connectivity index (χ0n) is 15.7. The topological polar surface area (TPSA) is 109 Å². The van der Waals surface area contributed by atoms with Crippen molar-refractivity contribution in [1.82, 2.24) is 20.2 Å². The minimum Gasteiger partial charge on any atom is -0.284 e. The van der Waals surface area contributed by atoms with Crippen LogP contribution in [0.25, 0.3) is 43.9 Å². The number of nitrogens with one attached hydrogen (secondary N) is 1. The normalized spacial score (nSPS) is 11.8. The molecular formula is C21H13FN4O3S2. The number of hydrogen-bond acceptors (Lipinski definition) is 6. The molecule has 0 aliphatic carbocycles. The molecule has 0 saturated carbocycles. The second-order valence-corrected chi connectivity index (χ2v) is 9.06. The lowest BCUT2D eigenvalue weighted by atomic mass is 9.99. The number of H-pyrrole nitrogens is 1. The van der Waals surface area contributed by atoms with Gasteiger partial charge in [-0.2, -0.15) is 13.5 Å². The molecule has 0 aliphatic heterocycles. The highest BCUT2D eigenvalue weighted by Crippen LogP contribution is 2.36. The van der Waals surface area contributed by atoms with Gasteiger partial charge < -0.3 is 0 Å². The molecule has 5 aromatic rings. The fraction of sp³-hybridized carbons (Fsp3) is 0. The molecule has 2 aromatic carbocycles. The Hall–Kier alpha value is -3.47. The van der Waals surface area contributed by atoms with Gasteiger partial charge in [-0.25, -0.2) is 14.4 Å². The molecule has 0 saturated heterocycles. The quantitative estimate of drug-likeness (QED) is 0.379. The van der Waals surface area contributed by atoms with E-state index in [1.54, 1.807) is 18.3 Å². The maximum atomic E-state index is 13.3. The van der Waals surface area contributed by atoms with Gasteiger partial charge in [-0.1, -0.05) is 6.07 Å². The van der Waals surface area contributed by atoms with E-state index in [4.69, 9.17) is 0 Å². The van der Waals surface area contributed by atoms with Crippen LogP contribution in [0.1, 0.15) is 0 Å². The summed E-state index contributed by atoms with van der Waals surface area (Å²) in [7, 11) is -4.30. The molecule has 0 spiro atoms. The summed E-state index contributed by atoms with van der Waals surface area (Å²) in [5, 5.41) is 9.25. The van der Waals surface area contributed by atoms with Crippen molar-refractivity contribution in [3.05, 3.63) is 72.3 Å². The van der Waals surface area contributed by atoms with E-state index >= 15 is 0 Å². The molecule has 0 amide bonds. The van der Waals surface area contributed by atoms with Gasteiger partial charge in [0, 0.05) is 28.1 Å². The van der Waals surface area contributed by atoms with E-state index in [0.29, 0.717) is 21.8 Å². The van der Waals surface area contributed by atoms with Crippen LogP contribution < -0.4 is 0 Å². The first-order valence-corrected chi connectivity index (χ1v) is 11.3. The van der Waals surface area contributed by atoms with Gasteiger partial charge in [0.25, 0.3) is 10.1 Å². The van der Waals surface area contributed by atoms with E-state index in [1.807, 2.05) is 18.2 Å². The predicted molar refractivity (Wildman–Crippen MR) is 116 cm³/mol. The second kappa shape index (κ2) is 7.34. The largest absolute Gasteiger partial charge is 0.295 e. The van der Waals surface area contributed by atoms with Crippen molar-refractivity contribution < 1.29 is 17.4 Å². The predicted octanol–water partition coefficient (Wildman–Crippen LogP) is 4.80. The average molecular weight is 452 g/mol. The van der Waals surface area contributed by atoms with Crippen LogP contribution in [-0.4, -0.2) is 33.1 Å². The van der Waals surface area contributed by atoms with Crippen molar-refractivity contribution in [3.8, 4) is 33.0 Å². The van der Waals surface area contributed by atoms with Crippen molar-refractivity contribution in [2.75, 3.05) is 0 Å². The number of aromatic amines is 1. The molecule has 0 radical (unpaired) electrons. The zero-order chi connectivity index (χ0) is 21.6. The number of hydrogen-bond donors (Lipinski definition) is 2. The summed E-state index contributed by atoms with van der Waals surface area (Å²) in [5.74, 6) is -0.325. The Morgan fingerprint density at radius 1 is 0.968 bits per heavy atom. The van der Waals surface area contributed by atoms with Crippen LogP contribution in [0.5, 0.6) is 0 Å². The first-order valence-electron chi connectivity index (χ1n) is 9.01. The van der Waals surface area contributed by atoms with Crippen molar-refractivity contribution in [1.29, 1.82) is 0 Å². The summed E-state index contributed by atoms with van der Waals surface area (Å²) in [4.78, 5) is 9.05. The molecule has 10 heteroatoms. The van der Waals surface area contributed by atoms with E-state index in [2.05, 4.69) is 20.2 Å². The Morgan fingerprint density at radius 3 is 2.48 bits per heavy atom. The first kappa shape index (κ1) is 19.5. The van der Waals surface area contributed by atoms with Crippen molar-refractivity contribution in [3.63, 3.8) is 0 Å². The summed E-state index contributed by atoms with van der Waals surface area (Å²) in [5.41, 5.74) is 4.32. The lowest BCUT2D eigenvalue weighted by molar-refractivity contribution is 0.483. The van der Waals surface area contributed by atoms with Gasteiger partial charge in [0.1, 0.15) is 17.0 Å². The van der Waals surface area contributed by atoms with Crippen molar-refractivity contribution in [2.24, 2.45) is 0 Å². The minimum atomic E-state index is -4.30. The van der Waals surface area contributed by atoms with Crippen molar-refractivity contribution >= 4 is 32.4 Å². The molecule has 31 heavy (non-hydrogen) atoms. The summed E-state index contributed by atoms with van der Waals surface area (Å²) in [6.07, 6.45) is 3.16. The van der Waals surface area contributed by atoms with Gasteiger partial charge in [0.05, 0.1) is 21.8 Å². The van der Waals surface area contributed by atoms with Gasteiger partial charge in [-0.15, -0.1) is 11.3 Å². The first-order chi connectivity index (χ1) is 14.9. The third kappa shape index (κ3) is 3.61. The van der Waals surface area contributed by atoms with E-state index in [-0.39, 0.29) is 10.7 Å². The van der Waals surface area contributed by atoms with Gasteiger partial charge >= 0.3 is 0 Å². The Morgan fingerprint density at radius 2 is 1.74 bits per heavy atom. The molecule has 0 bridgehead atoms. The number of thiophene rings is 1. The molecule has 0 unspecified atom stereocenters. The van der Waals surface area contributed by atoms with Crippen LogP contribution in [0.4, 0.5) is 4.39 Å². The standard InChI is InChI=1S/C21H13FN4O3S2/c22-14-4-1-12(2-5-14)20-17(9-25-26-20)13-3-6-18-16(7-13)21(24-11-23-18)19-8-15(10-30-19)31(27,28)29/h1-11H,(H,25,26)(H,27,28,29). The fourth-order valence-electron chi connectivity index (χ4n) is 3.34. The highest BCUT2D eigenvalue weighted by molar-refractivity contribution is 7.86. The Labute approximate surface area is 180 Å². The molecular weight excluding hydrogens is 439 g/mol. The van der Waals surface area contributed by atoms with Crippen molar-refractivity contribution in [2.45, 2.75) is 4.90 Å². The molecule has 2 N–H and O–H groups in total. The maximum absolute atomic E-state index is 13.3. The van der Waals surface area contributed by atoms with Crippen LogP contribution in [0.2, 0.25) is 0 Å². The zero-order valence-corrected chi connectivity index (χ0v) is 17.3. The number of nitrogens with zero attached hydrogens (tertiary/aromatic N) is 3. The smallest absolute Gasteiger partial charge is 0.284 e. The molecule has 3 aromatic heterocycles. The van der Waals surface area contributed by atoms with Gasteiger partial charge in [-0.05, 0) is 48.0 Å². The second-order valence-electron chi connectivity index (χ2n) is 6.73. The molecule has 5 rings (SSSR count). The Bertz CT molecular complexity index is 1530. The van der Waals surface area contributed by atoms with E-state index in [1.165, 1.54) is 41.2 Å². The van der Waals surface area contributed by atoms with Gasteiger partial charge in [0.2, 0.25) is 0 Å². The third-order valence-electron chi connectivity index (χ3n) is 4.81. The lowest BCUT2D eigenvalue weighted by Crippen LogP contribution is -1.95. The SMILES string of the molecule is O=S(=O)(O)c1csc(-c2ncnc3ccc(-c4c[nH]nc4-c4ccc(F)cc4)cc23)c1. The van der Waals surface area contributed by atoms with Gasteiger partial charge in [0.15, 0.2) is 0 Å². The maximum Gasteiger partial charge on any atom is 0.295 e. The van der Waals surface area contributed by atoms with Crippen LogP contribution in [0.15, 0.2) is 71.3 Å². The van der Waals surface area contributed by atoms with E-state index in [0.717, 1.165) is 22.1 Å². The van der Waals surface area contributed by atoms with E-state index in [9.17, 15) is 17.4 Å². The number of fused-ring (bicyclic) bond motifs is 1. The van der Waals surface area contributed by atoms with Crippen LogP contribution in [-0.2, 0) is 10.1 Å². The molecule has 7 nitrogen and oxygen atoms in total. The molecule has 3 heterocycles. The average Bonchev–Trinajstić information content (AvgIpc) is 3.43. The summed E-state index contributed by atoms with van der Waals surface area (Å²) >= 11 is 1.17. The third-order valence-corrected chi connectivity index (χ3v) is 6.73. The van der Waals surface area contributed by atoms with Gasteiger partial charge in [-0.3, -0.25) is 9.65 Å². The number of rotatable bonds is 4. The number of benzene rings is 2. The fourth-order valence-corrected chi connectivity index (χ4v) is 5.09. The lowest BCUT2D eigenvalue weighted by Gasteiger charge is -2.07.